The van der Waals surface area contributed by atoms with E-state index in [4.69, 9.17) is 0 Å². The second-order valence-electron chi connectivity index (χ2n) is 5.74. The quantitative estimate of drug-likeness (QED) is 0.315. The number of alkyl halides is 1. The Morgan fingerprint density at radius 1 is 0.957 bits per heavy atom. The molecule has 1 atom stereocenters. The highest BCUT2D eigenvalue weighted by Crippen LogP contribution is 2.21. The Balaban J connectivity index is 2.05. The van der Waals surface area contributed by atoms with Crippen molar-refractivity contribution < 1.29 is 4.79 Å². The van der Waals surface area contributed by atoms with E-state index in [0.717, 1.165) is 19.5 Å². The summed E-state index contributed by atoms with van der Waals surface area (Å²) in [5, 5.41) is 0. The minimum Gasteiger partial charge on any atom is -0.300 e. The molecular weight excluding hydrogens is 397 g/mol. The molecule has 2 aromatic carbocycles. The van der Waals surface area contributed by atoms with E-state index in [1.54, 1.807) is 0 Å². The van der Waals surface area contributed by atoms with Crippen molar-refractivity contribution in [2.75, 3.05) is 0 Å². The van der Waals surface area contributed by atoms with E-state index in [0.29, 0.717) is 22.7 Å². The number of nitrogens with zero attached hydrogens (tertiary/aromatic N) is 1. The Bertz CT molecular complexity index is 544. The number of carbonyl (C=O) groups excluding carboxylic acids is 1. The van der Waals surface area contributed by atoms with Gasteiger partial charge in [0.25, 0.3) is 0 Å². The van der Waals surface area contributed by atoms with Gasteiger partial charge in [-0.25, -0.2) is 0 Å². The van der Waals surface area contributed by atoms with Crippen molar-refractivity contribution in [1.29, 1.82) is 0 Å². The number of ketones is 1. The first-order valence-electron chi connectivity index (χ1n) is 8.16. The number of halogens is 1. The van der Waals surface area contributed by atoms with Crippen LogP contribution in [0.15, 0.2) is 60.7 Å². The van der Waals surface area contributed by atoms with E-state index < -0.39 is 0 Å². The van der Waals surface area contributed by atoms with Crippen LogP contribution in [0.4, 0.5) is 0 Å². The molecule has 0 spiro atoms. The summed E-state index contributed by atoms with van der Waals surface area (Å²) in [4.78, 5) is 14.1. The Hall–Kier alpha value is -1.20. The maximum atomic E-state index is 11.6. The summed E-state index contributed by atoms with van der Waals surface area (Å²) in [5.74, 6) is 0.353. The van der Waals surface area contributed by atoms with Gasteiger partial charge in [-0.1, -0.05) is 90.2 Å². The maximum absolute atomic E-state index is 11.6. The van der Waals surface area contributed by atoms with E-state index in [1.807, 2.05) is 19.1 Å². The lowest BCUT2D eigenvalue weighted by Crippen LogP contribution is -2.30. The van der Waals surface area contributed by atoms with Crippen LogP contribution in [0.1, 0.15) is 37.3 Å². The molecule has 23 heavy (non-hydrogen) atoms. The van der Waals surface area contributed by atoms with Crippen molar-refractivity contribution >= 4 is 28.4 Å². The van der Waals surface area contributed by atoms with Crippen LogP contribution < -0.4 is 0 Å². The monoisotopic (exact) mass is 421 g/mol. The van der Waals surface area contributed by atoms with E-state index in [-0.39, 0.29) is 0 Å². The lowest BCUT2D eigenvalue weighted by Gasteiger charge is -2.28. The number of rotatable bonds is 9. The zero-order valence-electron chi connectivity index (χ0n) is 13.6. The molecule has 0 bridgehead atoms. The molecule has 0 heterocycles. The Morgan fingerprint density at radius 2 is 1.43 bits per heavy atom. The van der Waals surface area contributed by atoms with Gasteiger partial charge in [-0.2, -0.15) is 0 Å². The Kier molecular flexibility index (Phi) is 7.76. The molecule has 0 aliphatic rings. The number of Topliss-reactive ketones (excluding diaryl/α,β-unsaturated/α-hetero) is 1. The predicted molar refractivity (Wildman–Crippen MR) is 104 cm³/mol. The standard InChI is InChI=1S/C20H24INO/c1-2-19(23)13-14-20(21)22(15-17-9-5-3-6-10-17)16-18-11-7-4-8-12-18/h3-12,20H,2,13-16H2,1H3. The Morgan fingerprint density at radius 3 is 1.87 bits per heavy atom. The fraction of sp³-hybridized carbons (Fsp3) is 0.350. The van der Waals surface area contributed by atoms with Crippen LogP contribution in [-0.4, -0.2) is 14.7 Å². The van der Waals surface area contributed by atoms with Crippen LogP contribution in [0.3, 0.4) is 0 Å². The van der Waals surface area contributed by atoms with Gasteiger partial charge in [0, 0.05) is 25.9 Å². The van der Waals surface area contributed by atoms with Crippen molar-refractivity contribution in [2.45, 2.75) is 43.3 Å². The van der Waals surface area contributed by atoms with Gasteiger partial charge in [-0.15, -0.1) is 0 Å². The lowest BCUT2D eigenvalue weighted by molar-refractivity contribution is -0.118. The molecule has 0 fully saturated rings. The molecule has 0 amide bonds. The Labute approximate surface area is 153 Å². The van der Waals surface area contributed by atoms with Crippen LogP contribution in [0.25, 0.3) is 0 Å². The second kappa shape index (κ2) is 9.83. The number of hydrogen-bond donors (Lipinski definition) is 0. The topological polar surface area (TPSA) is 20.3 Å². The van der Waals surface area contributed by atoms with E-state index in [9.17, 15) is 4.79 Å². The third kappa shape index (κ3) is 6.43. The summed E-state index contributed by atoms with van der Waals surface area (Å²) in [6.45, 7) is 3.75. The van der Waals surface area contributed by atoms with Gasteiger partial charge in [0.05, 0.1) is 4.05 Å². The molecule has 0 saturated heterocycles. The van der Waals surface area contributed by atoms with Gasteiger partial charge in [0.15, 0.2) is 0 Å². The minimum atomic E-state index is 0.350. The zero-order chi connectivity index (χ0) is 16.5. The van der Waals surface area contributed by atoms with Crippen molar-refractivity contribution in [3.05, 3.63) is 71.8 Å². The summed E-state index contributed by atoms with van der Waals surface area (Å²) in [5.41, 5.74) is 2.62. The first-order chi connectivity index (χ1) is 11.2. The van der Waals surface area contributed by atoms with Crippen LogP contribution >= 0.6 is 22.6 Å². The predicted octanol–water partition coefficient (Wildman–Crippen LogP) is 5.21. The first-order valence-corrected chi connectivity index (χ1v) is 9.41. The van der Waals surface area contributed by atoms with Crippen LogP contribution in [0.2, 0.25) is 0 Å². The van der Waals surface area contributed by atoms with Gasteiger partial charge >= 0.3 is 0 Å². The van der Waals surface area contributed by atoms with Crippen molar-refractivity contribution in [3.8, 4) is 0 Å². The zero-order valence-corrected chi connectivity index (χ0v) is 15.8. The summed E-state index contributed by atoms with van der Waals surface area (Å²) in [6.07, 6.45) is 2.22. The van der Waals surface area contributed by atoms with E-state index in [1.165, 1.54) is 11.1 Å². The van der Waals surface area contributed by atoms with Gasteiger partial charge in [-0.3, -0.25) is 9.69 Å². The molecule has 0 N–H and O–H groups in total. The number of benzene rings is 2. The fourth-order valence-corrected chi connectivity index (χ4v) is 3.23. The summed E-state index contributed by atoms with van der Waals surface area (Å²) in [7, 11) is 0. The summed E-state index contributed by atoms with van der Waals surface area (Å²) < 4.78 is 0.350. The molecule has 0 radical (unpaired) electrons. The van der Waals surface area contributed by atoms with Crippen LogP contribution in [-0.2, 0) is 17.9 Å². The first kappa shape index (κ1) is 18.1. The van der Waals surface area contributed by atoms with Crippen molar-refractivity contribution in [2.24, 2.45) is 0 Å². The molecule has 0 saturated carbocycles. The number of carbonyl (C=O) groups is 1. The summed E-state index contributed by atoms with van der Waals surface area (Å²) in [6, 6.07) is 21.1. The average Bonchev–Trinajstić information content (AvgIpc) is 2.60. The molecular formula is C20H24INO. The largest absolute Gasteiger partial charge is 0.300 e. The smallest absolute Gasteiger partial charge is 0.132 e. The molecule has 0 aliphatic carbocycles. The van der Waals surface area contributed by atoms with Crippen LogP contribution in [0.5, 0.6) is 0 Å². The van der Waals surface area contributed by atoms with Gasteiger partial charge in [0.2, 0.25) is 0 Å². The third-order valence-corrected chi connectivity index (χ3v) is 5.32. The van der Waals surface area contributed by atoms with Gasteiger partial charge in [0.1, 0.15) is 5.78 Å². The molecule has 2 rings (SSSR count). The second-order valence-corrected chi connectivity index (χ2v) is 7.18. The highest BCUT2D eigenvalue weighted by molar-refractivity contribution is 14.1. The minimum absolute atomic E-state index is 0.350. The van der Waals surface area contributed by atoms with Crippen molar-refractivity contribution in [3.63, 3.8) is 0 Å². The molecule has 122 valence electrons. The fourth-order valence-electron chi connectivity index (χ4n) is 2.53. The van der Waals surface area contributed by atoms with Gasteiger partial charge < -0.3 is 0 Å². The van der Waals surface area contributed by atoms with Crippen LogP contribution in [0, 0.1) is 0 Å². The molecule has 0 aromatic heterocycles. The molecule has 2 aromatic rings. The van der Waals surface area contributed by atoms with Gasteiger partial charge in [-0.05, 0) is 17.5 Å². The normalized spacial score (nSPS) is 12.3. The molecule has 0 aliphatic heterocycles. The molecule has 2 nitrogen and oxygen atoms in total. The van der Waals surface area contributed by atoms with Crippen molar-refractivity contribution in [1.82, 2.24) is 4.90 Å². The summed E-state index contributed by atoms with van der Waals surface area (Å²) >= 11 is 2.48. The van der Waals surface area contributed by atoms with E-state index >= 15 is 0 Å². The number of hydrogen-bond acceptors (Lipinski definition) is 2. The highest BCUT2D eigenvalue weighted by atomic mass is 127. The molecule has 3 heteroatoms. The molecule has 1 unspecified atom stereocenters. The third-order valence-electron chi connectivity index (χ3n) is 3.91. The highest BCUT2D eigenvalue weighted by Gasteiger charge is 2.17. The van der Waals surface area contributed by atoms with E-state index in [2.05, 4.69) is 76.0 Å². The SMILES string of the molecule is CCC(=O)CCC(I)N(Cc1ccccc1)Cc1ccccc1. The average molecular weight is 421 g/mol. The lowest BCUT2D eigenvalue weighted by atomic mass is 10.1. The maximum Gasteiger partial charge on any atom is 0.132 e.